The van der Waals surface area contributed by atoms with Gasteiger partial charge in [0.25, 0.3) is 5.91 Å². The number of carbonyl (C=O) groups excluding carboxylic acids is 2. The van der Waals surface area contributed by atoms with Gasteiger partial charge in [-0.2, -0.15) is 13.2 Å². The molecule has 2 N–H and O–H groups in total. The smallest absolute Gasteiger partial charge is 0.352 e. The molecule has 172 valence electrons. The van der Waals surface area contributed by atoms with Gasteiger partial charge in [-0.25, -0.2) is 9.18 Å². The molecule has 0 spiro atoms. The van der Waals surface area contributed by atoms with E-state index in [-0.39, 0.29) is 24.3 Å². The second kappa shape index (κ2) is 10.6. The van der Waals surface area contributed by atoms with Gasteiger partial charge in [-0.3, -0.25) is 9.69 Å². The summed E-state index contributed by atoms with van der Waals surface area (Å²) >= 11 is 0. The summed E-state index contributed by atoms with van der Waals surface area (Å²) in [4.78, 5) is 26.4. The van der Waals surface area contributed by atoms with E-state index in [4.69, 9.17) is 0 Å². The third-order valence-corrected chi connectivity index (χ3v) is 4.72. The van der Waals surface area contributed by atoms with Crippen LogP contribution in [-0.2, 0) is 6.18 Å². The van der Waals surface area contributed by atoms with Crippen molar-refractivity contribution < 1.29 is 27.2 Å². The van der Waals surface area contributed by atoms with E-state index >= 15 is 0 Å². The highest BCUT2D eigenvalue weighted by Crippen LogP contribution is 2.30. The van der Waals surface area contributed by atoms with Gasteiger partial charge in [-0.1, -0.05) is 36.4 Å². The summed E-state index contributed by atoms with van der Waals surface area (Å²) in [6.45, 7) is 0.319. The number of nitrogens with one attached hydrogen (secondary N) is 2. The number of carbonyl (C=O) groups is 2. The number of benzene rings is 3. The van der Waals surface area contributed by atoms with E-state index < -0.39 is 29.5 Å². The highest BCUT2D eigenvalue weighted by atomic mass is 19.4. The van der Waals surface area contributed by atoms with Crippen LogP contribution in [0.15, 0.2) is 78.9 Å². The summed E-state index contributed by atoms with van der Waals surface area (Å²) in [6, 6.07) is 17.9. The fourth-order valence-electron chi connectivity index (χ4n) is 3.10. The van der Waals surface area contributed by atoms with Gasteiger partial charge in [0.05, 0.1) is 11.1 Å². The number of anilines is 2. The van der Waals surface area contributed by atoms with Gasteiger partial charge in [0.1, 0.15) is 5.82 Å². The molecule has 0 aromatic heterocycles. The Labute approximate surface area is 188 Å². The summed E-state index contributed by atoms with van der Waals surface area (Å²) < 4.78 is 52.6. The van der Waals surface area contributed by atoms with Gasteiger partial charge in [0, 0.05) is 24.5 Å². The third-order valence-electron chi connectivity index (χ3n) is 4.72. The number of para-hydroxylation sites is 1. The summed E-state index contributed by atoms with van der Waals surface area (Å²) in [6.07, 6.45) is -4.21. The summed E-state index contributed by atoms with van der Waals surface area (Å²) in [5.74, 6) is -1.21. The lowest BCUT2D eigenvalue weighted by atomic mass is 10.2. The van der Waals surface area contributed by atoms with E-state index in [1.54, 1.807) is 36.4 Å². The monoisotopic (exact) mass is 459 g/mol. The predicted octanol–water partition coefficient (Wildman–Crippen LogP) is 5.70. The number of halogens is 4. The second-order valence-corrected chi connectivity index (χ2v) is 7.09. The van der Waals surface area contributed by atoms with Crippen molar-refractivity contribution in [2.75, 3.05) is 23.3 Å². The maximum absolute atomic E-state index is 13.7. The lowest BCUT2D eigenvalue weighted by Gasteiger charge is -2.23. The van der Waals surface area contributed by atoms with Gasteiger partial charge in [-0.15, -0.1) is 0 Å². The third kappa shape index (κ3) is 6.55. The molecule has 0 aliphatic rings. The topological polar surface area (TPSA) is 61.4 Å². The Morgan fingerprint density at radius 1 is 0.879 bits per heavy atom. The number of nitrogens with zero attached hydrogens (tertiary/aromatic N) is 1. The van der Waals surface area contributed by atoms with Crippen LogP contribution >= 0.6 is 0 Å². The molecule has 3 rings (SSSR count). The molecule has 0 saturated heterocycles. The Kier molecular flexibility index (Phi) is 7.66. The Morgan fingerprint density at radius 2 is 1.58 bits per heavy atom. The van der Waals surface area contributed by atoms with Gasteiger partial charge in [-0.05, 0) is 48.9 Å². The largest absolute Gasteiger partial charge is 0.416 e. The van der Waals surface area contributed by atoms with E-state index in [0.717, 1.165) is 12.1 Å². The minimum atomic E-state index is -4.53. The first-order valence-corrected chi connectivity index (χ1v) is 10.1. The summed E-state index contributed by atoms with van der Waals surface area (Å²) in [5, 5.41) is 5.08. The maximum atomic E-state index is 13.7. The normalized spacial score (nSPS) is 11.0. The molecule has 0 saturated carbocycles. The first kappa shape index (κ1) is 23.8. The van der Waals surface area contributed by atoms with Crippen molar-refractivity contribution in [2.24, 2.45) is 0 Å². The number of amides is 3. The standard InChI is InChI=1S/C24H21F4N3O2/c25-21-13-5-4-12-20(21)22(32)29-14-7-15-31(19-10-2-1-3-11-19)23(33)30-18-9-6-8-17(16-18)24(26,27)28/h1-6,8-13,16H,7,14-15H2,(H,29,32)(H,30,33). The quantitative estimate of drug-likeness (QED) is 0.352. The van der Waals surface area contributed by atoms with Crippen molar-refractivity contribution in [3.63, 3.8) is 0 Å². The fraction of sp³-hybridized carbons (Fsp3) is 0.167. The molecule has 3 aromatic rings. The maximum Gasteiger partial charge on any atom is 0.416 e. The minimum absolute atomic E-state index is 0.00334. The first-order valence-electron chi connectivity index (χ1n) is 10.1. The molecule has 0 bridgehead atoms. The molecule has 0 atom stereocenters. The molecule has 0 aliphatic heterocycles. The fourth-order valence-corrected chi connectivity index (χ4v) is 3.10. The van der Waals surface area contributed by atoms with Crippen LogP contribution in [0.4, 0.5) is 33.7 Å². The second-order valence-electron chi connectivity index (χ2n) is 7.09. The molecule has 0 aliphatic carbocycles. The zero-order valence-electron chi connectivity index (χ0n) is 17.4. The van der Waals surface area contributed by atoms with Crippen LogP contribution in [0.25, 0.3) is 0 Å². The molecule has 0 radical (unpaired) electrons. The molecule has 5 nitrogen and oxygen atoms in total. The summed E-state index contributed by atoms with van der Waals surface area (Å²) in [5.41, 5.74) is -0.423. The molecular formula is C24H21F4N3O2. The van der Waals surface area contributed by atoms with Crippen LogP contribution in [0.1, 0.15) is 22.3 Å². The Bertz CT molecular complexity index is 1100. The van der Waals surface area contributed by atoms with Gasteiger partial charge < -0.3 is 10.6 Å². The number of hydrogen-bond donors (Lipinski definition) is 2. The van der Waals surface area contributed by atoms with E-state index in [2.05, 4.69) is 10.6 Å². The van der Waals surface area contributed by atoms with Gasteiger partial charge in [0.2, 0.25) is 0 Å². The van der Waals surface area contributed by atoms with Crippen LogP contribution in [0, 0.1) is 5.82 Å². The number of hydrogen-bond acceptors (Lipinski definition) is 2. The Balaban J connectivity index is 1.65. The van der Waals surface area contributed by atoms with Crippen molar-refractivity contribution in [1.82, 2.24) is 5.32 Å². The van der Waals surface area contributed by atoms with Crippen LogP contribution in [-0.4, -0.2) is 25.0 Å². The molecule has 0 heterocycles. The lowest BCUT2D eigenvalue weighted by Crippen LogP contribution is -2.37. The van der Waals surface area contributed by atoms with E-state index in [0.29, 0.717) is 12.1 Å². The molecule has 3 aromatic carbocycles. The molecule has 33 heavy (non-hydrogen) atoms. The SMILES string of the molecule is O=C(NCCCN(C(=O)Nc1cccc(C(F)(F)F)c1)c1ccccc1)c1ccccc1F. The molecule has 9 heteroatoms. The van der Waals surface area contributed by atoms with Crippen LogP contribution in [0.2, 0.25) is 0 Å². The molecule has 0 fully saturated rings. The van der Waals surface area contributed by atoms with Crippen molar-refractivity contribution in [3.8, 4) is 0 Å². The zero-order valence-corrected chi connectivity index (χ0v) is 17.4. The highest BCUT2D eigenvalue weighted by Gasteiger charge is 2.30. The van der Waals surface area contributed by atoms with Crippen molar-refractivity contribution in [3.05, 3.63) is 95.8 Å². The van der Waals surface area contributed by atoms with E-state index in [9.17, 15) is 27.2 Å². The summed E-state index contributed by atoms with van der Waals surface area (Å²) in [7, 11) is 0. The average Bonchev–Trinajstić information content (AvgIpc) is 2.79. The van der Waals surface area contributed by atoms with Gasteiger partial charge in [0.15, 0.2) is 0 Å². The number of rotatable bonds is 7. The van der Waals surface area contributed by atoms with Gasteiger partial charge >= 0.3 is 12.2 Å². The van der Waals surface area contributed by atoms with Crippen LogP contribution in [0.5, 0.6) is 0 Å². The minimum Gasteiger partial charge on any atom is -0.352 e. The zero-order chi connectivity index (χ0) is 23.8. The first-order chi connectivity index (χ1) is 15.8. The number of alkyl halides is 3. The van der Waals surface area contributed by atoms with Crippen molar-refractivity contribution in [1.29, 1.82) is 0 Å². The van der Waals surface area contributed by atoms with Crippen molar-refractivity contribution >= 4 is 23.3 Å². The number of urea groups is 1. The van der Waals surface area contributed by atoms with E-state index in [1.807, 2.05) is 0 Å². The van der Waals surface area contributed by atoms with Crippen molar-refractivity contribution in [2.45, 2.75) is 12.6 Å². The molecular weight excluding hydrogens is 438 g/mol. The predicted molar refractivity (Wildman–Crippen MR) is 118 cm³/mol. The highest BCUT2D eigenvalue weighted by molar-refractivity contribution is 6.01. The molecule has 0 unspecified atom stereocenters. The Hall–Kier alpha value is -3.88. The van der Waals surface area contributed by atoms with Crippen LogP contribution < -0.4 is 15.5 Å². The van der Waals surface area contributed by atoms with Crippen LogP contribution in [0.3, 0.4) is 0 Å². The Morgan fingerprint density at radius 3 is 2.27 bits per heavy atom. The average molecular weight is 459 g/mol. The lowest BCUT2D eigenvalue weighted by molar-refractivity contribution is -0.137. The molecule has 3 amide bonds. The van der Waals surface area contributed by atoms with E-state index in [1.165, 1.54) is 35.2 Å².